The molecule has 32 heavy (non-hydrogen) atoms. The van der Waals surface area contributed by atoms with E-state index >= 15 is 0 Å². The number of amides is 4. The molecule has 1 aromatic rings. The van der Waals surface area contributed by atoms with Crippen LogP contribution >= 0.6 is 30.4 Å². The molecule has 0 saturated carbocycles. The van der Waals surface area contributed by atoms with Gasteiger partial charge in [0.05, 0.1) is 42.2 Å². The molecule has 1 aliphatic heterocycles. The Balaban J connectivity index is 1.84. The van der Waals surface area contributed by atoms with E-state index in [0.29, 0.717) is 50.8 Å². The van der Waals surface area contributed by atoms with E-state index in [1.807, 2.05) is 21.2 Å². The maximum atomic E-state index is 12.9. The first-order valence-electron chi connectivity index (χ1n) is 9.88. The van der Waals surface area contributed by atoms with Gasteiger partial charge in [0.1, 0.15) is 18.4 Å². The summed E-state index contributed by atoms with van der Waals surface area (Å²) in [5.41, 5.74) is 0.861. The van der Waals surface area contributed by atoms with Gasteiger partial charge in [-0.15, -0.1) is 0 Å². The number of nitrogens with zero attached hydrogens (tertiary/aromatic N) is 1. The predicted octanol–water partition coefficient (Wildman–Crippen LogP) is 1.83. The van der Waals surface area contributed by atoms with Crippen LogP contribution in [0.2, 0.25) is 0 Å². The van der Waals surface area contributed by atoms with Crippen LogP contribution in [0.3, 0.4) is 0 Å². The van der Waals surface area contributed by atoms with Gasteiger partial charge in [-0.1, -0.05) is 6.07 Å². The van der Waals surface area contributed by atoms with Crippen molar-refractivity contribution in [3.63, 3.8) is 0 Å². The molecule has 1 saturated heterocycles. The Morgan fingerprint density at radius 3 is 2.53 bits per heavy atom. The minimum atomic E-state index is -1.02. The lowest BCUT2D eigenvalue weighted by molar-refractivity contribution is -0.139. The first-order valence-corrected chi connectivity index (χ1v) is 13.2. The van der Waals surface area contributed by atoms with Crippen molar-refractivity contribution in [2.24, 2.45) is 0 Å². The van der Waals surface area contributed by atoms with Crippen LogP contribution in [0.5, 0.6) is 5.75 Å². The van der Waals surface area contributed by atoms with Gasteiger partial charge in [-0.3, -0.25) is 29.4 Å². The van der Waals surface area contributed by atoms with Crippen LogP contribution in [-0.4, -0.2) is 74.7 Å². The summed E-state index contributed by atoms with van der Waals surface area (Å²) in [5, 5.41) is 2.15. The van der Waals surface area contributed by atoms with Crippen molar-refractivity contribution in [1.29, 1.82) is 0 Å². The van der Waals surface area contributed by atoms with Crippen molar-refractivity contribution in [3.8, 4) is 5.75 Å². The van der Waals surface area contributed by atoms with Gasteiger partial charge in [0.15, 0.2) is 0 Å². The van der Waals surface area contributed by atoms with E-state index in [1.54, 1.807) is 19.1 Å². The first kappa shape index (κ1) is 26.5. The van der Waals surface area contributed by atoms with E-state index in [-0.39, 0.29) is 25.0 Å². The summed E-state index contributed by atoms with van der Waals surface area (Å²) >= 11 is 2.04. The molecule has 12 heteroatoms. The quantitative estimate of drug-likeness (QED) is 0.116. The lowest BCUT2D eigenvalue weighted by Crippen LogP contribution is -2.53. The first-order chi connectivity index (χ1) is 15.5. The number of carbonyl (C=O) groups excluding carboxylic acids is 4. The molecule has 2 rings (SSSR count). The third-order valence-electron chi connectivity index (χ3n) is 4.56. The number of hydrogen-bond acceptors (Lipinski definition) is 9. The molecular formula is C20H25IN2O8S. The Morgan fingerprint density at radius 1 is 1.19 bits per heavy atom. The van der Waals surface area contributed by atoms with Gasteiger partial charge in [-0.05, 0) is 31.0 Å². The zero-order valence-electron chi connectivity index (χ0n) is 17.5. The molecule has 1 heterocycles. The summed E-state index contributed by atoms with van der Waals surface area (Å²) in [6, 6.07) is 3.90. The van der Waals surface area contributed by atoms with Crippen LogP contribution in [0.4, 0.5) is 0 Å². The molecule has 0 spiro atoms. The Kier molecular flexibility index (Phi) is 11.9. The van der Waals surface area contributed by atoms with Crippen LogP contribution in [0.15, 0.2) is 18.2 Å². The molecule has 1 fully saturated rings. The molecule has 4 amide bonds. The number of piperidine rings is 1. The van der Waals surface area contributed by atoms with E-state index in [4.69, 9.17) is 18.4 Å². The number of halogens is 1. The summed E-state index contributed by atoms with van der Waals surface area (Å²) in [6.45, 7) is 4.17. The van der Waals surface area contributed by atoms with Gasteiger partial charge in [0, 0.05) is 33.2 Å². The maximum Gasteiger partial charge on any atom is 0.261 e. The standard InChI is InChI=1S/C20H25IN2O8S/c1-14-2-3-15(30-10-8-28-6-7-29-9-11-31-32-21)12-16(14)20(27)23(13-24)17-4-5-18(25)22-19(17)26/h2-3,12-13,17H,4-11H2,1H3,(H,22,25,26). The van der Waals surface area contributed by atoms with Crippen molar-refractivity contribution in [2.75, 3.05) is 39.6 Å². The van der Waals surface area contributed by atoms with Gasteiger partial charge in [0.2, 0.25) is 18.2 Å². The van der Waals surface area contributed by atoms with Crippen molar-refractivity contribution < 1.29 is 37.6 Å². The van der Waals surface area contributed by atoms with Crippen LogP contribution in [-0.2, 0) is 28.0 Å². The smallest absolute Gasteiger partial charge is 0.261 e. The molecular weight excluding hydrogens is 555 g/mol. The highest BCUT2D eigenvalue weighted by Gasteiger charge is 2.35. The van der Waals surface area contributed by atoms with E-state index in [1.165, 1.54) is 15.3 Å². The van der Waals surface area contributed by atoms with Crippen LogP contribution < -0.4 is 10.1 Å². The average Bonchev–Trinajstić information content (AvgIpc) is 2.77. The van der Waals surface area contributed by atoms with Crippen LogP contribution in [0.25, 0.3) is 0 Å². The fourth-order valence-corrected chi connectivity index (χ4v) is 3.61. The zero-order valence-corrected chi connectivity index (χ0v) is 20.5. The summed E-state index contributed by atoms with van der Waals surface area (Å²) in [5.74, 6) is -1.28. The molecule has 10 nitrogen and oxygen atoms in total. The highest BCUT2D eigenvalue weighted by atomic mass is 127. The summed E-state index contributed by atoms with van der Waals surface area (Å²) in [4.78, 5) is 48.8. The van der Waals surface area contributed by atoms with Crippen molar-refractivity contribution in [3.05, 3.63) is 29.3 Å². The number of rotatable bonds is 14. The van der Waals surface area contributed by atoms with Gasteiger partial charge < -0.3 is 18.4 Å². The molecule has 0 aliphatic carbocycles. The second-order valence-electron chi connectivity index (χ2n) is 6.72. The van der Waals surface area contributed by atoms with Gasteiger partial charge in [0.25, 0.3) is 5.91 Å². The van der Waals surface area contributed by atoms with E-state index in [0.717, 1.165) is 4.90 Å². The number of carbonyl (C=O) groups is 4. The minimum Gasteiger partial charge on any atom is -0.491 e. The third-order valence-corrected chi connectivity index (χ3v) is 5.58. The van der Waals surface area contributed by atoms with Crippen molar-refractivity contribution in [1.82, 2.24) is 10.2 Å². The lowest BCUT2D eigenvalue weighted by Gasteiger charge is -2.28. The number of ether oxygens (including phenoxy) is 3. The van der Waals surface area contributed by atoms with Crippen molar-refractivity contribution >= 4 is 54.6 Å². The van der Waals surface area contributed by atoms with Crippen LogP contribution in [0, 0.1) is 6.92 Å². The molecule has 1 atom stereocenters. The average molecular weight is 580 g/mol. The minimum absolute atomic E-state index is 0.0620. The second-order valence-corrected chi connectivity index (χ2v) is 8.16. The van der Waals surface area contributed by atoms with E-state index in [2.05, 4.69) is 5.32 Å². The van der Waals surface area contributed by atoms with Crippen molar-refractivity contribution in [2.45, 2.75) is 25.8 Å². The van der Waals surface area contributed by atoms with Crippen LogP contribution in [0.1, 0.15) is 28.8 Å². The number of nitrogens with one attached hydrogen (secondary N) is 1. The topological polar surface area (TPSA) is 120 Å². The number of imide groups is 2. The second kappa shape index (κ2) is 14.4. The number of aryl methyl sites for hydroxylation is 1. The van der Waals surface area contributed by atoms with E-state index < -0.39 is 23.8 Å². The lowest BCUT2D eigenvalue weighted by atomic mass is 10.0. The molecule has 0 bridgehead atoms. The molecule has 0 aromatic heterocycles. The fourth-order valence-electron chi connectivity index (χ4n) is 2.94. The highest BCUT2D eigenvalue weighted by molar-refractivity contribution is 14.2. The SMILES string of the molecule is Cc1ccc(OCCOCCOCCOSI)cc1C(=O)N(C=O)C1CCC(=O)NC1=O. The fraction of sp³-hybridized carbons (Fsp3) is 0.500. The molecule has 1 aliphatic rings. The molecule has 1 N–H and O–H groups in total. The Morgan fingerprint density at radius 2 is 1.88 bits per heavy atom. The Labute approximate surface area is 202 Å². The van der Waals surface area contributed by atoms with E-state index in [9.17, 15) is 19.2 Å². The summed E-state index contributed by atoms with van der Waals surface area (Å²) < 4.78 is 21.5. The molecule has 1 unspecified atom stereocenters. The van der Waals surface area contributed by atoms with Gasteiger partial charge >= 0.3 is 0 Å². The monoisotopic (exact) mass is 580 g/mol. The normalized spacial score (nSPS) is 15.9. The van der Waals surface area contributed by atoms with Gasteiger partial charge in [-0.2, -0.15) is 0 Å². The summed E-state index contributed by atoms with van der Waals surface area (Å²) in [6.07, 6.45) is 0.472. The zero-order chi connectivity index (χ0) is 23.3. The maximum absolute atomic E-state index is 12.9. The number of hydrogen-bond donors (Lipinski definition) is 1. The Bertz CT molecular complexity index is 810. The third kappa shape index (κ3) is 8.31. The largest absolute Gasteiger partial charge is 0.491 e. The summed E-state index contributed by atoms with van der Waals surface area (Å²) in [7, 11) is 1.26. The highest BCUT2D eigenvalue weighted by Crippen LogP contribution is 2.21. The Hall–Kier alpha value is -1.74. The molecule has 1 aromatic carbocycles. The molecule has 0 radical (unpaired) electrons. The van der Waals surface area contributed by atoms with Gasteiger partial charge in [-0.25, -0.2) is 0 Å². The molecule has 176 valence electrons. The predicted molar refractivity (Wildman–Crippen MR) is 124 cm³/mol. The number of benzene rings is 1.